The summed E-state index contributed by atoms with van der Waals surface area (Å²) in [4.78, 5) is 35.6. The van der Waals surface area contributed by atoms with E-state index < -0.39 is 5.41 Å². The summed E-state index contributed by atoms with van der Waals surface area (Å²) >= 11 is 0. The second-order valence-corrected chi connectivity index (χ2v) is 10.7. The Morgan fingerprint density at radius 2 is 1.69 bits per heavy atom. The van der Waals surface area contributed by atoms with E-state index in [2.05, 4.69) is 64.6 Å². The van der Waals surface area contributed by atoms with E-state index >= 15 is 0 Å². The van der Waals surface area contributed by atoms with E-state index in [1.54, 1.807) is 0 Å². The number of hydrogen-bond acceptors (Lipinski definition) is 3. The summed E-state index contributed by atoms with van der Waals surface area (Å²) in [6.45, 7) is 3.56. The van der Waals surface area contributed by atoms with Crippen LogP contribution in [0, 0.1) is 11.3 Å². The van der Waals surface area contributed by atoms with Gasteiger partial charge >= 0.3 is 0 Å². The topological polar surface area (TPSA) is 56.4 Å². The summed E-state index contributed by atoms with van der Waals surface area (Å²) < 4.78 is 0. The van der Waals surface area contributed by atoms with Gasteiger partial charge in [-0.1, -0.05) is 48.5 Å². The van der Waals surface area contributed by atoms with Gasteiger partial charge in [-0.05, 0) is 75.2 Å². The van der Waals surface area contributed by atoms with Crippen molar-refractivity contribution in [3.05, 3.63) is 71.9 Å². The molecule has 6 rings (SSSR count). The first kappa shape index (κ1) is 22.5. The fourth-order valence-corrected chi connectivity index (χ4v) is 6.97. The van der Waals surface area contributed by atoms with Gasteiger partial charge in [0.1, 0.15) is 0 Å². The van der Waals surface area contributed by atoms with Gasteiger partial charge in [0, 0.05) is 36.1 Å². The van der Waals surface area contributed by atoms with Crippen molar-refractivity contribution in [2.24, 2.45) is 11.3 Å². The van der Waals surface area contributed by atoms with Crippen LogP contribution in [0.5, 0.6) is 0 Å². The Labute approximate surface area is 207 Å². The molecule has 1 N–H and O–H groups in total. The van der Waals surface area contributed by atoms with Gasteiger partial charge in [0.05, 0.1) is 11.5 Å². The zero-order valence-electron chi connectivity index (χ0n) is 20.4. The van der Waals surface area contributed by atoms with Gasteiger partial charge in [-0.2, -0.15) is 0 Å². The number of likely N-dealkylation sites (tertiary alicyclic amines) is 1. The third-order valence-corrected chi connectivity index (χ3v) is 8.96. The molecule has 0 aliphatic carbocycles. The molecular weight excluding hydrogens is 434 g/mol. The van der Waals surface area contributed by atoms with Crippen molar-refractivity contribution >= 4 is 22.6 Å². The molecule has 4 heterocycles. The molecule has 1 spiro atoms. The number of piperidine rings is 2. The van der Waals surface area contributed by atoms with E-state index in [1.807, 2.05) is 11.0 Å². The minimum absolute atomic E-state index is 0.167. The average molecular weight is 470 g/mol. The molecule has 0 saturated carbocycles. The number of Topliss-reactive ketones (excluding diaryl/α,β-unsaturated/α-hetero) is 1. The number of carbonyl (C=O) groups is 2. The maximum atomic E-state index is 13.9. The van der Waals surface area contributed by atoms with Crippen LogP contribution in [-0.4, -0.2) is 58.7 Å². The molecule has 182 valence electrons. The maximum Gasteiger partial charge on any atom is 0.230 e. The summed E-state index contributed by atoms with van der Waals surface area (Å²) in [6, 6.07) is 18.8. The highest BCUT2D eigenvalue weighted by atomic mass is 16.2. The van der Waals surface area contributed by atoms with E-state index in [1.165, 1.54) is 16.5 Å². The number of fused-ring (bicyclic) bond motifs is 2. The maximum absolute atomic E-state index is 13.9. The van der Waals surface area contributed by atoms with Crippen LogP contribution in [0.15, 0.2) is 60.8 Å². The van der Waals surface area contributed by atoms with Gasteiger partial charge in [-0.3, -0.25) is 9.59 Å². The van der Waals surface area contributed by atoms with Crippen LogP contribution >= 0.6 is 0 Å². The Balaban J connectivity index is 1.20. The summed E-state index contributed by atoms with van der Waals surface area (Å²) in [5.74, 6) is 0.435. The molecule has 3 aliphatic heterocycles. The van der Waals surface area contributed by atoms with Crippen LogP contribution in [0.3, 0.4) is 0 Å². The van der Waals surface area contributed by atoms with Crippen LogP contribution in [0.4, 0.5) is 0 Å². The predicted octanol–water partition coefficient (Wildman–Crippen LogP) is 4.62. The number of hydrogen-bond donors (Lipinski definition) is 1. The number of nitrogens with one attached hydrogen (secondary N) is 1. The predicted molar refractivity (Wildman–Crippen MR) is 138 cm³/mol. The Bertz CT molecular complexity index is 1210. The second-order valence-electron chi connectivity index (χ2n) is 10.7. The molecule has 0 bridgehead atoms. The molecule has 1 amide bonds. The molecule has 3 saturated heterocycles. The van der Waals surface area contributed by atoms with E-state index in [-0.39, 0.29) is 17.9 Å². The number of para-hydroxylation sites is 1. The Kier molecular flexibility index (Phi) is 5.97. The van der Waals surface area contributed by atoms with Crippen molar-refractivity contribution in [1.29, 1.82) is 0 Å². The fraction of sp³-hybridized carbons (Fsp3) is 0.467. The third kappa shape index (κ3) is 4.00. The van der Waals surface area contributed by atoms with Crippen LogP contribution < -0.4 is 0 Å². The Hall–Kier alpha value is -2.92. The van der Waals surface area contributed by atoms with Crippen LogP contribution in [0.25, 0.3) is 10.9 Å². The number of aryl methyl sites for hydroxylation is 1. The first-order chi connectivity index (χ1) is 17.2. The summed E-state index contributed by atoms with van der Waals surface area (Å²) in [6.07, 6.45) is 8.10. The van der Waals surface area contributed by atoms with Crippen LogP contribution in [0.1, 0.15) is 43.2 Å². The number of rotatable bonds is 6. The van der Waals surface area contributed by atoms with Gasteiger partial charge in [-0.25, -0.2) is 0 Å². The van der Waals surface area contributed by atoms with E-state index in [9.17, 15) is 9.59 Å². The van der Waals surface area contributed by atoms with Gasteiger partial charge in [0.25, 0.3) is 0 Å². The lowest BCUT2D eigenvalue weighted by atomic mass is 9.61. The molecule has 1 aromatic heterocycles. The summed E-state index contributed by atoms with van der Waals surface area (Å²) in [7, 11) is 0. The normalized spacial score (nSPS) is 24.4. The number of benzene rings is 2. The summed E-state index contributed by atoms with van der Waals surface area (Å²) in [5, 5.41) is 1.23. The lowest BCUT2D eigenvalue weighted by Crippen LogP contribution is -2.63. The van der Waals surface area contributed by atoms with Gasteiger partial charge in [0.15, 0.2) is 5.78 Å². The first-order valence-corrected chi connectivity index (χ1v) is 13.3. The molecule has 5 heteroatoms. The highest BCUT2D eigenvalue weighted by molar-refractivity contribution is 6.01. The highest BCUT2D eigenvalue weighted by Gasteiger charge is 2.58. The quantitative estimate of drug-likeness (QED) is 0.573. The number of nitrogens with zero attached hydrogens (tertiary/aromatic N) is 2. The lowest BCUT2D eigenvalue weighted by molar-refractivity contribution is -0.166. The fourth-order valence-electron chi connectivity index (χ4n) is 6.97. The highest BCUT2D eigenvalue weighted by Crippen LogP contribution is 2.49. The van der Waals surface area contributed by atoms with Gasteiger partial charge in [0.2, 0.25) is 5.91 Å². The third-order valence-electron chi connectivity index (χ3n) is 8.96. The minimum atomic E-state index is -0.521. The van der Waals surface area contributed by atoms with Crippen LogP contribution in [0.2, 0.25) is 0 Å². The molecule has 2 aromatic carbocycles. The number of aromatic nitrogens is 1. The zero-order valence-corrected chi connectivity index (χ0v) is 20.4. The molecule has 2 atom stereocenters. The standard InChI is InChI=1S/C30H35N3O2/c34-28-25(13-12-23-21-31-26-10-5-4-9-24(23)26)30(29(35)33-17-6-11-27(28)33)15-19-32(20-16-30)18-14-22-7-2-1-3-8-22/h1-5,7-10,21,25,27,31H,6,11-20H2. The Morgan fingerprint density at radius 3 is 2.51 bits per heavy atom. The zero-order chi connectivity index (χ0) is 23.8. The molecule has 3 aromatic rings. The van der Waals surface area contributed by atoms with Crippen molar-refractivity contribution < 1.29 is 9.59 Å². The van der Waals surface area contributed by atoms with Gasteiger partial charge in [-0.15, -0.1) is 0 Å². The van der Waals surface area contributed by atoms with Crippen molar-refractivity contribution in [1.82, 2.24) is 14.8 Å². The van der Waals surface area contributed by atoms with Crippen molar-refractivity contribution in [3.63, 3.8) is 0 Å². The molecule has 3 aliphatic rings. The second kappa shape index (κ2) is 9.27. The monoisotopic (exact) mass is 469 g/mol. The number of H-pyrrole nitrogens is 1. The number of carbonyl (C=O) groups excluding carboxylic acids is 2. The number of ketones is 1. The molecule has 5 nitrogen and oxygen atoms in total. The van der Waals surface area contributed by atoms with Crippen LogP contribution in [-0.2, 0) is 22.4 Å². The molecular formula is C30H35N3O2. The minimum Gasteiger partial charge on any atom is -0.361 e. The molecule has 3 fully saturated rings. The number of aromatic amines is 1. The summed E-state index contributed by atoms with van der Waals surface area (Å²) in [5.41, 5.74) is 3.23. The van der Waals surface area contributed by atoms with Gasteiger partial charge < -0.3 is 14.8 Å². The largest absolute Gasteiger partial charge is 0.361 e. The molecule has 2 unspecified atom stereocenters. The van der Waals surface area contributed by atoms with Crippen molar-refractivity contribution in [3.8, 4) is 0 Å². The van der Waals surface area contributed by atoms with Crippen molar-refractivity contribution in [2.75, 3.05) is 26.2 Å². The number of amides is 1. The average Bonchev–Trinajstić information content (AvgIpc) is 3.56. The molecule has 35 heavy (non-hydrogen) atoms. The van der Waals surface area contributed by atoms with E-state index in [0.29, 0.717) is 5.78 Å². The Morgan fingerprint density at radius 1 is 0.914 bits per heavy atom. The SMILES string of the molecule is O=C1C2CCCN2C(=O)C2(CCN(CCc3ccccc3)CC2)C1CCc1c[nH]c2ccccc12. The lowest BCUT2D eigenvalue weighted by Gasteiger charge is -2.51. The molecule has 0 radical (unpaired) electrons. The first-order valence-electron chi connectivity index (χ1n) is 13.3. The van der Waals surface area contributed by atoms with E-state index in [4.69, 9.17) is 0 Å². The van der Waals surface area contributed by atoms with E-state index in [0.717, 1.165) is 76.6 Å². The smallest absolute Gasteiger partial charge is 0.230 e. The van der Waals surface area contributed by atoms with Crippen molar-refractivity contribution in [2.45, 2.75) is 51.0 Å².